The van der Waals surface area contributed by atoms with Crippen LogP contribution in [-0.2, 0) is 7.05 Å². The standard InChI is InChI=1S/C22H26N/c1-14(2)18-7-9-21-19(13-18)8-10-22(23(21)6)20-12-15(3)11-16(4)17(20)5/h7-14H,1-6H3/q+1. The minimum atomic E-state index is 0.561. The molecule has 2 aromatic carbocycles. The van der Waals surface area contributed by atoms with E-state index in [2.05, 4.69) is 88.7 Å². The highest BCUT2D eigenvalue weighted by Crippen LogP contribution is 2.27. The van der Waals surface area contributed by atoms with Crippen LogP contribution in [0.15, 0.2) is 42.5 Å². The molecule has 0 spiro atoms. The van der Waals surface area contributed by atoms with Gasteiger partial charge in [0.15, 0.2) is 0 Å². The van der Waals surface area contributed by atoms with Crippen molar-refractivity contribution in [2.45, 2.75) is 40.5 Å². The van der Waals surface area contributed by atoms with Crippen molar-refractivity contribution >= 4 is 10.9 Å². The minimum Gasteiger partial charge on any atom is -0.194 e. The van der Waals surface area contributed by atoms with Gasteiger partial charge in [0, 0.05) is 23.1 Å². The van der Waals surface area contributed by atoms with E-state index in [4.69, 9.17) is 0 Å². The maximum Gasteiger partial charge on any atom is 0.213 e. The summed E-state index contributed by atoms with van der Waals surface area (Å²) in [5.74, 6) is 0.561. The van der Waals surface area contributed by atoms with Gasteiger partial charge in [-0.15, -0.1) is 0 Å². The largest absolute Gasteiger partial charge is 0.213 e. The monoisotopic (exact) mass is 304 g/mol. The van der Waals surface area contributed by atoms with E-state index < -0.39 is 0 Å². The van der Waals surface area contributed by atoms with Gasteiger partial charge in [0.05, 0.1) is 0 Å². The second kappa shape index (κ2) is 5.81. The SMILES string of the molecule is Cc1cc(C)c(C)c(-c2ccc3cc(C(C)C)ccc3[n+]2C)c1. The van der Waals surface area contributed by atoms with Crippen molar-refractivity contribution in [3.8, 4) is 11.3 Å². The van der Waals surface area contributed by atoms with Crippen molar-refractivity contribution in [3.05, 3.63) is 64.7 Å². The second-order valence-corrected chi connectivity index (χ2v) is 7.00. The van der Waals surface area contributed by atoms with Crippen molar-refractivity contribution in [1.82, 2.24) is 0 Å². The average molecular weight is 304 g/mol. The van der Waals surface area contributed by atoms with Crippen LogP contribution < -0.4 is 4.57 Å². The van der Waals surface area contributed by atoms with Gasteiger partial charge >= 0.3 is 0 Å². The molecule has 0 unspecified atom stereocenters. The van der Waals surface area contributed by atoms with Gasteiger partial charge in [0.25, 0.3) is 0 Å². The Morgan fingerprint density at radius 2 is 1.61 bits per heavy atom. The minimum absolute atomic E-state index is 0.561. The molecule has 3 aromatic rings. The summed E-state index contributed by atoms with van der Waals surface area (Å²) in [6.45, 7) is 11.1. The van der Waals surface area contributed by atoms with Gasteiger partial charge in [-0.05, 0) is 61.6 Å². The van der Waals surface area contributed by atoms with Crippen molar-refractivity contribution in [1.29, 1.82) is 0 Å². The van der Waals surface area contributed by atoms with E-state index in [0.29, 0.717) is 5.92 Å². The number of aromatic nitrogens is 1. The lowest BCUT2D eigenvalue weighted by Gasteiger charge is -2.11. The van der Waals surface area contributed by atoms with Crippen LogP contribution in [0.1, 0.15) is 42.0 Å². The fourth-order valence-electron chi connectivity index (χ4n) is 3.36. The Morgan fingerprint density at radius 3 is 2.30 bits per heavy atom. The van der Waals surface area contributed by atoms with Crippen LogP contribution in [0.2, 0.25) is 0 Å². The number of rotatable bonds is 2. The maximum atomic E-state index is 2.32. The molecule has 0 saturated heterocycles. The van der Waals surface area contributed by atoms with E-state index in [9.17, 15) is 0 Å². The Balaban J connectivity index is 2.24. The van der Waals surface area contributed by atoms with E-state index in [1.165, 1.54) is 44.4 Å². The Bertz CT molecular complexity index is 888. The van der Waals surface area contributed by atoms with Crippen molar-refractivity contribution in [2.24, 2.45) is 7.05 Å². The number of hydrogen-bond acceptors (Lipinski definition) is 0. The molecule has 0 aliphatic heterocycles. The van der Waals surface area contributed by atoms with Gasteiger partial charge in [0.1, 0.15) is 7.05 Å². The third kappa shape index (κ3) is 2.76. The van der Waals surface area contributed by atoms with Gasteiger partial charge in [-0.1, -0.05) is 31.5 Å². The number of nitrogens with zero attached hydrogens (tertiary/aromatic N) is 1. The van der Waals surface area contributed by atoms with E-state index in [-0.39, 0.29) is 0 Å². The fraction of sp³-hybridized carbons (Fsp3) is 0.318. The Hall–Kier alpha value is -2.15. The summed E-state index contributed by atoms with van der Waals surface area (Å²) in [6.07, 6.45) is 0. The first-order valence-electron chi connectivity index (χ1n) is 8.39. The highest BCUT2D eigenvalue weighted by molar-refractivity contribution is 5.79. The summed E-state index contributed by atoms with van der Waals surface area (Å²) in [5.41, 5.74) is 9.33. The maximum absolute atomic E-state index is 2.32. The topological polar surface area (TPSA) is 3.88 Å². The third-order valence-electron chi connectivity index (χ3n) is 4.95. The molecular weight excluding hydrogens is 278 g/mol. The predicted molar refractivity (Wildman–Crippen MR) is 98.9 cm³/mol. The number of benzene rings is 2. The molecule has 0 aliphatic carbocycles. The summed E-state index contributed by atoms with van der Waals surface area (Å²) < 4.78 is 2.32. The zero-order chi connectivity index (χ0) is 16.7. The first-order chi connectivity index (χ1) is 10.9. The lowest BCUT2D eigenvalue weighted by atomic mass is 9.96. The lowest BCUT2D eigenvalue weighted by Crippen LogP contribution is -2.32. The molecule has 0 fully saturated rings. The summed E-state index contributed by atoms with van der Waals surface area (Å²) in [7, 11) is 2.17. The Labute approximate surface area is 139 Å². The molecule has 0 saturated carbocycles. The first kappa shape index (κ1) is 15.7. The molecule has 0 atom stereocenters. The summed E-state index contributed by atoms with van der Waals surface area (Å²) >= 11 is 0. The van der Waals surface area contributed by atoms with Crippen LogP contribution in [0.3, 0.4) is 0 Å². The van der Waals surface area contributed by atoms with Crippen LogP contribution in [0, 0.1) is 20.8 Å². The van der Waals surface area contributed by atoms with Crippen LogP contribution in [0.4, 0.5) is 0 Å². The van der Waals surface area contributed by atoms with Gasteiger partial charge in [-0.3, -0.25) is 0 Å². The van der Waals surface area contributed by atoms with Gasteiger partial charge in [-0.25, -0.2) is 0 Å². The van der Waals surface area contributed by atoms with Crippen molar-refractivity contribution in [3.63, 3.8) is 0 Å². The number of aryl methyl sites for hydroxylation is 3. The van der Waals surface area contributed by atoms with Crippen LogP contribution in [0.25, 0.3) is 22.2 Å². The van der Waals surface area contributed by atoms with E-state index >= 15 is 0 Å². The van der Waals surface area contributed by atoms with Gasteiger partial charge in [0.2, 0.25) is 11.2 Å². The fourth-order valence-corrected chi connectivity index (χ4v) is 3.36. The Morgan fingerprint density at radius 1 is 0.870 bits per heavy atom. The van der Waals surface area contributed by atoms with E-state index in [1.807, 2.05) is 0 Å². The molecule has 1 nitrogen and oxygen atoms in total. The van der Waals surface area contributed by atoms with E-state index in [1.54, 1.807) is 0 Å². The van der Waals surface area contributed by atoms with Crippen LogP contribution in [0.5, 0.6) is 0 Å². The van der Waals surface area contributed by atoms with Crippen LogP contribution >= 0.6 is 0 Å². The normalized spacial score (nSPS) is 11.4. The molecule has 0 bridgehead atoms. The highest BCUT2D eigenvalue weighted by Gasteiger charge is 2.17. The highest BCUT2D eigenvalue weighted by atomic mass is 14.9. The molecule has 23 heavy (non-hydrogen) atoms. The smallest absolute Gasteiger partial charge is 0.194 e. The Kier molecular flexibility index (Phi) is 3.97. The summed E-state index contributed by atoms with van der Waals surface area (Å²) in [5, 5.41) is 1.31. The molecule has 1 heterocycles. The van der Waals surface area contributed by atoms with Crippen molar-refractivity contribution < 1.29 is 4.57 Å². The molecule has 0 aliphatic rings. The molecule has 0 radical (unpaired) electrons. The predicted octanol–water partition coefficient (Wildman–Crippen LogP) is 5.38. The average Bonchev–Trinajstić information content (AvgIpc) is 2.51. The summed E-state index contributed by atoms with van der Waals surface area (Å²) in [4.78, 5) is 0. The molecule has 118 valence electrons. The number of hydrogen-bond donors (Lipinski definition) is 0. The van der Waals surface area contributed by atoms with Gasteiger partial charge < -0.3 is 0 Å². The van der Waals surface area contributed by atoms with Gasteiger partial charge in [-0.2, -0.15) is 4.57 Å². The summed E-state index contributed by atoms with van der Waals surface area (Å²) in [6, 6.07) is 15.9. The molecule has 1 aromatic heterocycles. The second-order valence-electron chi connectivity index (χ2n) is 7.00. The molecule has 0 amide bonds. The number of pyridine rings is 1. The lowest BCUT2D eigenvalue weighted by molar-refractivity contribution is -0.633. The molecule has 1 heteroatoms. The van der Waals surface area contributed by atoms with Crippen molar-refractivity contribution in [2.75, 3.05) is 0 Å². The number of fused-ring (bicyclic) bond motifs is 1. The quantitative estimate of drug-likeness (QED) is 0.560. The third-order valence-corrected chi connectivity index (χ3v) is 4.95. The zero-order valence-electron chi connectivity index (χ0n) is 15.1. The van der Waals surface area contributed by atoms with E-state index in [0.717, 1.165) is 0 Å². The molecule has 3 rings (SSSR count). The molecular formula is C22H26N+. The zero-order valence-corrected chi connectivity index (χ0v) is 15.1. The first-order valence-corrected chi connectivity index (χ1v) is 8.39. The van der Waals surface area contributed by atoms with Crippen LogP contribution in [-0.4, -0.2) is 0 Å². The molecule has 0 N–H and O–H groups in total.